The normalized spacial score (nSPS) is 12.0. The van der Waals surface area contributed by atoms with E-state index in [0.717, 1.165) is 4.31 Å². The molecule has 3 aromatic carbocycles. The van der Waals surface area contributed by atoms with Crippen molar-refractivity contribution >= 4 is 27.5 Å². The second kappa shape index (κ2) is 15.1. The zero-order chi connectivity index (χ0) is 34.2. The highest BCUT2D eigenvalue weighted by Gasteiger charge is 2.35. The van der Waals surface area contributed by atoms with Gasteiger partial charge in [0.1, 0.15) is 29.8 Å². The Hall–Kier alpha value is -4.65. The van der Waals surface area contributed by atoms with Crippen LogP contribution in [0.5, 0.6) is 28.7 Å². The number of methoxy groups -OCH3 is 5. The lowest BCUT2D eigenvalue weighted by Gasteiger charge is -2.34. The number of anilines is 1. The molecule has 0 radical (unpaired) electrons. The number of ether oxygens (including phenoxy) is 5. The fourth-order valence-corrected chi connectivity index (χ4v) is 6.03. The molecule has 0 aromatic heterocycles. The molecule has 0 heterocycles. The molecule has 1 N–H and O–H groups in total. The molecule has 3 aromatic rings. The Morgan fingerprint density at radius 1 is 0.761 bits per heavy atom. The van der Waals surface area contributed by atoms with E-state index in [0.29, 0.717) is 22.8 Å². The number of carbonyl (C=O) groups excluding carboxylic acids is 2. The Kier molecular flexibility index (Phi) is 11.8. The minimum absolute atomic E-state index is 0.0149. The first-order valence-corrected chi connectivity index (χ1v) is 15.8. The molecule has 0 bridgehead atoms. The molecule has 46 heavy (non-hydrogen) atoms. The van der Waals surface area contributed by atoms with Crippen LogP contribution in [0.3, 0.4) is 0 Å². The van der Waals surface area contributed by atoms with Gasteiger partial charge in [-0.1, -0.05) is 12.1 Å². The first-order valence-electron chi connectivity index (χ1n) is 14.4. The molecule has 0 saturated carbocycles. The van der Waals surface area contributed by atoms with E-state index in [9.17, 15) is 18.0 Å². The van der Waals surface area contributed by atoms with Gasteiger partial charge in [-0.2, -0.15) is 0 Å². The van der Waals surface area contributed by atoms with Gasteiger partial charge in [-0.25, -0.2) is 8.42 Å². The van der Waals surface area contributed by atoms with Gasteiger partial charge in [-0.05, 0) is 69.7 Å². The fraction of sp³-hybridized carbons (Fsp3) is 0.394. The molecular formula is C33H43N3O9S. The van der Waals surface area contributed by atoms with E-state index < -0.39 is 40.0 Å². The molecule has 250 valence electrons. The first kappa shape index (κ1) is 35.8. The zero-order valence-electron chi connectivity index (χ0n) is 27.7. The smallest absolute Gasteiger partial charge is 0.265 e. The molecule has 0 aliphatic heterocycles. The molecule has 0 unspecified atom stereocenters. The van der Waals surface area contributed by atoms with Crippen LogP contribution < -0.4 is 33.3 Å². The van der Waals surface area contributed by atoms with Crippen molar-refractivity contribution < 1.29 is 41.7 Å². The molecule has 0 aliphatic rings. The third-order valence-corrected chi connectivity index (χ3v) is 8.81. The summed E-state index contributed by atoms with van der Waals surface area (Å²) in [6.07, 6.45) is 0. The van der Waals surface area contributed by atoms with E-state index in [4.69, 9.17) is 23.7 Å². The number of hydrogen-bond donors (Lipinski definition) is 1. The predicted octanol–water partition coefficient (Wildman–Crippen LogP) is 4.26. The second-order valence-electron chi connectivity index (χ2n) is 11.4. The van der Waals surface area contributed by atoms with E-state index in [1.165, 1.54) is 57.6 Å². The third kappa shape index (κ3) is 8.53. The van der Waals surface area contributed by atoms with Gasteiger partial charge in [-0.3, -0.25) is 13.9 Å². The van der Waals surface area contributed by atoms with Gasteiger partial charge in [0, 0.05) is 24.2 Å². The van der Waals surface area contributed by atoms with Crippen molar-refractivity contribution in [3.05, 3.63) is 66.2 Å². The Labute approximate surface area is 271 Å². The number of amides is 2. The summed E-state index contributed by atoms with van der Waals surface area (Å²) >= 11 is 0. The van der Waals surface area contributed by atoms with Gasteiger partial charge in [-0.15, -0.1) is 0 Å². The molecule has 13 heteroatoms. The quantitative estimate of drug-likeness (QED) is 0.270. The van der Waals surface area contributed by atoms with Crippen molar-refractivity contribution in [3.8, 4) is 28.7 Å². The zero-order valence-corrected chi connectivity index (χ0v) is 28.6. The lowest BCUT2D eigenvalue weighted by molar-refractivity contribution is -0.140. The summed E-state index contributed by atoms with van der Waals surface area (Å²) in [6, 6.07) is 14.8. The molecule has 0 aliphatic carbocycles. The van der Waals surface area contributed by atoms with E-state index in [1.807, 2.05) is 20.8 Å². The summed E-state index contributed by atoms with van der Waals surface area (Å²) in [5.74, 6) is 0.608. The minimum atomic E-state index is -4.46. The standard InChI is InChI=1S/C33H43N3O9S/c1-22(32(38)34-33(2,3)4)35(20-23-10-12-24(41-5)13-11-23)31(37)21-36(27-18-25(42-6)14-16-28(27)43-7)46(39,40)26-15-17-29(44-8)30(19-26)45-9/h10-19,22H,20-21H2,1-9H3,(H,34,38)/t22-/m1/s1. The minimum Gasteiger partial charge on any atom is -0.497 e. The van der Waals surface area contributed by atoms with Gasteiger partial charge >= 0.3 is 0 Å². The Morgan fingerprint density at radius 3 is 1.87 bits per heavy atom. The first-order chi connectivity index (χ1) is 21.7. The van der Waals surface area contributed by atoms with Crippen molar-refractivity contribution in [3.63, 3.8) is 0 Å². The highest BCUT2D eigenvalue weighted by molar-refractivity contribution is 7.92. The van der Waals surface area contributed by atoms with Gasteiger partial charge in [0.15, 0.2) is 11.5 Å². The number of carbonyl (C=O) groups is 2. The van der Waals surface area contributed by atoms with Crippen LogP contribution in [0.1, 0.15) is 33.3 Å². The molecular weight excluding hydrogens is 614 g/mol. The Bertz CT molecular complexity index is 1620. The topological polar surface area (TPSA) is 133 Å². The van der Waals surface area contributed by atoms with Crippen LogP contribution in [0.2, 0.25) is 0 Å². The molecule has 2 amide bonds. The van der Waals surface area contributed by atoms with E-state index in [2.05, 4.69) is 5.32 Å². The van der Waals surface area contributed by atoms with Crippen molar-refractivity contribution in [2.45, 2.75) is 50.7 Å². The maximum Gasteiger partial charge on any atom is 0.265 e. The SMILES string of the molecule is COc1ccc(CN(C(=O)CN(c2cc(OC)ccc2OC)S(=O)(=O)c2ccc(OC)c(OC)c2)[C@H](C)C(=O)NC(C)(C)C)cc1. The fourth-order valence-electron chi connectivity index (χ4n) is 4.59. The Balaban J connectivity index is 2.17. The largest absolute Gasteiger partial charge is 0.497 e. The highest BCUT2D eigenvalue weighted by Crippen LogP contribution is 2.38. The average Bonchev–Trinajstić information content (AvgIpc) is 3.04. The van der Waals surface area contributed by atoms with Gasteiger partial charge in [0.2, 0.25) is 11.8 Å². The maximum absolute atomic E-state index is 14.4. The molecule has 0 spiro atoms. The highest BCUT2D eigenvalue weighted by atomic mass is 32.2. The summed E-state index contributed by atoms with van der Waals surface area (Å²) in [5, 5.41) is 2.91. The number of nitrogens with one attached hydrogen (secondary N) is 1. The van der Waals surface area contributed by atoms with E-state index >= 15 is 0 Å². The number of hydrogen-bond acceptors (Lipinski definition) is 9. The second-order valence-corrected chi connectivity index (χ2v) is 13.2. The monoisotopic (exact) mass is 657 g/mol. The summed E-state index contributed by atoms with van der Waals surface area (Å²) in [4.78, 5) is 28.9. The Morgan fingerprint density at radius 2 is 1.33 bits per heavy atom. The molecule has 12 nitrogen and oxygen atoms in total. The maximum atomic E-state index is 14.4. The summed E-state index contributed by atoms with van der Waals surface area (Å²) in [5.41, 5.74) is 0.190. The summed E-state index contributed by atoms with van der Waals surface area (Å²) < 4.78 is 56.6. The predicted molar refractivity (Wildman–Crippen MR) is 175 cm³/mol. The number of benzene rings is 3. The van der Waals surface area contributed by atoms with Crippen LogP contribution in [0.4, 0.5) is 5.69 Å². The van der Waals surface area contributed by atoms with E-state index in [1.54, 1.807) is 50.4 Å². The van der Waals surface area contributed by atoms with Crippen LogP contribution in [0.25, 0.3) is 0 Å². The summed E-state index contributed by atoms with van der Waals surface area (Å²) in [7, 11) is 2.75. The number of sulfonamides is 1. The molecule has 3 rings (SSSR count). The average molecular weight is 658 g/mol. The van der Waals surface area contributed by atoms with Crippen LogP contribution in [-0.2, 0) is 26.2 Å². The molecule has 0 fully saturated rings. The van der Waals surface area contributed by atoms with Gasteiger partial charge < -0.3 is 33.9 Å². The third-order valence-electron chi connectivity index (χ3n) is 7.05. The lowest BCUT2D eigenvalue weighted by atomic mass is 10.1. The van der Waals surface area contributed by atoms with Crippen LogP contribution >= 0.6 is 0 Å². The van der Waals surface area contributed by atoms with Crippen LogP contribution in [-0.4, -0.2) is 78.8 Å². The molecule has 1 atom stereocenters. The van der Waals surface area contributed by atoms with Crippen molar-refractivity contribution in [1.82, 2.24) is 10.2 Å². The lowest BCUT2D eigenvalue weighted by Crippen LogP contribution is -2.54. The van der Waals surface area contributed by atoms with Crippen molar-refractivity contribution in [1.29, 1.82) is 0 Å². The van der Waals surface area contributed by atoms with Crippen molar-refractivity contribution in [2.24, 2.45) is 0 Å². The van der Waals surface area contributed by atoms with Gasteiger partial charge in [0.05, 0.1) is 46.1 Å². The summed E-state index contributed by atoms with van der Waals surface area (Å²) in [6.45, 7) is 6.44. The number of rotatable bonds is 14. The molecule has 0 saturated heterocycles. The number of nitrogens with zero attached hydrogens (tertiary/aromatic N) is 2. The van der Waals surface area contributed by atoms with E-state index in [-0.39, 0.29) is 28.6 Å². The van der Waals surface area contributed by atoms with Crippen LogP contribution in [0, 0.1) is 0 Å². The van der Waals surface area contributed by atoms with Crippen LogP contribution in [0.15, 0.2) is 65.6 Å². The van der Waals surface area contributed by atoms with Crippen molar-refractivity contribution in [2.75, 3.05) is 46.4 Å². The van der Waals surface area contributed by atoms with Gasteiger partial charge in [0.25, 0.3) is 10.0 Å².